The molecule has 1 N–H and O–H groups in total. The van der Waals surface area contributed by atoms with E-state index in [-0.39, 0.29) is 5.91 Å². The number of amides is 1. The first-order chi connectivity index (χ1) is 8.79. The Morgan fingerprint density at radius 2 is 2.50 bits per heavy atom. The van der Waals surface area contributed by atoms with Gasteiger partial charge in [-0.2, -0.15) is 0 Å². The molecule has 1 aliphatic heterocycles. The molecule has 0 bridgehead atoms. The quantitative estimate of drug-likeness (QED) is 0.843. The minimum Gasteiger partial charge on any atom is -0.346 e. The number of nitrogens with zero attached hydrogens (tertiary/aromatic N) is 2. The van der Waals surface area contributed by atoms with E-state index in [1.807, 2.05) is 36.2 Å². The van der Waals surface area contributed by atoms with Crippen LogP contribution in [0.25, 0.3) is 17.1 Å². The summed E-state index contributed by atoms with van der Waals surface area (Å²) in [6, 6.07) is 3.91. The summed E-state index contributed by atoms with van der Waals surface area (Å²) in [4.78, 5) is 22.0. The normalized spacial score (nSPS) is 18.2. The Morgan fingerprint density at radius 3 is 3.28 bits per heavy atom. The zero-order chi connectivity index (χ0) is 12.5. The van der Waals surface area contributed by atoms with Gasteiger partial charge in [0.15, 0.2) is 0 Å². The van der Waals surface area contributed by atoms with E-state index >= 15 is 0 Å². The number of carbonyl (C=O) groups excluding carboxylic acids is 1. The summed E-state index contributed by atoms with van der Waals surface area (Å²) in [5.41, 5.74) is 1.87. The van der Waals surface area contributed by atoms with Crippen LogP contribution in [0.4, 0.5) is 0 Å². The second kappa shape index (κ2) is 4.49. The molecule has 0 aliphatic carbocycles. The van der Waals surface area contributed by atoms with Crippen LogP contribution in [0.5, 0.6) is 0 Å². The summed E-state index contributed by atoms with van der Waals surface area (Å²) in [6.45, 7) is 2.76. The predicted molar refractivity (Wildman–Crippen MR) is 73.9 cm³/mol. The van der Waals surface area contributed by atoms with Crippen molar-refractivity contribution < 1.29 is 4.79 Å². The third kappa shape index (κ3) is 1.80. The van der Waals surface area contributed by atoms with Gasteiger partial charge in [-0.25, -0.2) is 4.98 Å². The molecule has 2 aromatic rings. The van der Waals surface area contributed by atoms with Crippen molar-refractivity contribution in [2.45, 2.75) is 6.92 Å². The smallest absolute Gasteiger partial charge is 0.261 e. The molecule has 2 aromatic heterocycles. The van der Waals surface area contributed by atoms with Crippen molar-refractivity contribution in [1.29, 1.82) is 0 Å². The molecule has 0 spiro atoms. The molecule has 0 aromatic carbocycles. The van der Waals surface area contributed by atoms with Gasteiger partial charge in [0, 0.05) is 29.9 Å². The molecule has 1 aliphatic rings. The molecular weight excluding hydrogens is 246 g/mol. The lowest BCUT2D eigenvalue weighted by Crippen LogP contribution is -2.24. The highest BCUT2D eigenvalue weighted by atomic mass is 32.2. The van der Waals surface area contributed by atoms with Crippen LogP contribution < -0.4 is 0 Å². The second-order valence-electron chi connectivity index (χ2n) is 4.09. The topological polar surface area (TPSA) is 49.0 Å². The monoisotopic (exact) mass is 259 g/mol. The second-order valence-corrected chi connectivity index (χ2v) is 5.07. The molecule has 5 heteroatoms. The zero-order valence-electron chi connectivity index (χ0n) is 10.0. The van der Waals surface area contributed by atoms with Crippen LogP contribution in [-0.4, -0.2) is 33.2 Å². The third-order valence-electron chi connectivity index (χ3n) is 3.03. The summed E-state index contributed by atoms with van der Waals surface area (Å²) >= 11 is 1.59. The number of rotatable bonds is 2. The first kappa shape index (κ1) is 11.3. The number of thioether (sulfide) groups is 1. The van der Waals surface area contributed by atoms with Crippen LogP contribution in [-0.2, 0) is 4.79 Å². The fraction of sp³-hybridized carbons (Fsp3) is 0.231. The maximum Gasteiger partial charge on any atom is 0.261 e. The van der Waals surface area contributed by atoms with Crippen LogP contribution in [0.3, 0.4) is 0 Å². The lowest BCUT2D eigenvalue weighted by molar-refractivity contribution is -0.124. The Hall–Kier alpha value is -1.75. The van der Waals surface area contributed by atoms with Crippen molar-refractivity contribution in [1.82, 2.24) is 14.9 Å². The number of aromatic amines is 1. The van der Waals surface area contributed by atoms with Crippen molar-refractivity contribution in [2.24, 2.45) is 0 Å². The van der Waals surface area contributed by atoms with Crippen molar-refractivity contribution in [2.75, 3.05) is 12.4 Å². The minimum absolute atomic E-state index is 0.126. The van der Waals surface area contributed by atoms with Gasteiger partial charge in [0.1, 0.15) is 5.65 Å². The first-order valence-electron chi connectivity index (χ1n) is 5.85. The lowest BCUT2D eigenvalue weighted by atomic mass is 10.2. The number of fused-ring (bicyclic) bond motifs is 1. The molecule has 1 amide bonds. The predicted octanol–water partition coefficient (Wildman–Crippen LogP) is 2.46. The van der Waals surface area contributed by atoms with Gasteiger partial charge in [-0.15, -0.1) is 0 Å². The van der Waals surface area contributed by atoms with Crippen molar-refractivity contribution in [3.8, 4) is 0 Å². The van der Waals surface area contributed by atoms with Crippen LogP contribution in [0.15, 0.2) is 29.4 Å². The number of hydrogen-bond acceptors (Lipinski definition) is 3. The molecule has 18 heavy (non-hydrogen) atoms. The van der Waals surface area contributed by atoms with E-state index in [1.54, 1.807) is 18.0 Å². The SMILES string of the molecule is CCN1CS/C(=C\c2c[nH]c3ncccc23)C1=O. The summed E-state index contributed by atoms with van der Waals surface area (Å²) in [5, 5.41) is 1.05. The summed E-state index contributed by atoms with van der Waals surface area (Å²) in [5.74, 6) is 0.877. The van der Waals surface area contributed by atoms with E-state index in [4.69, 9.17) is 0 Å². The molecule has 1 saturated heterocycles. The number of carbonyl (C=O) groups is 1. The third-order valence-corrected chi connectivity index (χ3v) is 4.07. The van der Waals surface area contributed by atoms with Gasteiger partial charge in [-0.05, 0) is 25.1 Å². The zero-order valence-corrected chi connectivity index (χ0v) is 10.8. The Bertz CT molecular complexity index is 632. The average Bonchev–Trinajstić information content (AvgIpc) is 2.96. The van der Waals surface area contributed by atoms with Gasteiger partial charge in [-0.1, -0.05) is 11.8 Å². The van der Waals surface area contributed by atoms with Crippen molar-refractivity contribution in [3.63, 3.8) is 0 Å². The maximum atomic E-state index is 12.0. The summed E-state index contributed by atoms with van der Waals surface area (Å²) in [6.07, 6.45) is 5.60. The molecular formula is C13H13N3OS. The number of H-pyrrole nitrogens is 1. The molecule has 3 rings (SSSR count). The van der Waals surface area contributed by atoms with E-state index in [2.05, 4.69) is 9.97 Å². The van der Waals surface area contributed by atoms with Gasteiger partial charge in [-0.3, -0.25) is 4.79 Å². The van der Waals surface area contributed by atoms with Crippen LogP contribution in [0.1, 0.15) is 12.5 Å². The number of pyridine rings is 1. The standard InChI is InChI=1S/C13H13N3OS/c1-2-16-8-18-11(13(16)17)6-9-7-15-12-10(9)4-3-5-14-12/h3-7H,2,8H2,1H3,(H,14,15)/b11-6-. The summed E-state index contributed by atoms with van der Waals surface area (Å²) < 4.78 is 0. The molecule has 4 nitrogen and oxygen atoms in total. The van der Waals surface area contributed by atoms with Crippen LogP contribution >= 0.6 is 11.8 Å². The molecule has 92 valence electrons. The fourth-order valence-corrected chi connectivity index (χ4v) is 3.06. The average molecular weight is 259 g/mol. The van der Waals surface area contributed by atoms with Gasteiger partial charge in [0.05, 0.1) is 10.8 Å². The summed E-state index contributed by atoms with van der Waals surface area (Å²) in [7, 11) is 0. The molecule has 0 saturated carbocycles. The van der Waals surface area contributed by atoms with Gasteiger partial charge < -0.3 is 9.88 Å². The minimum atomic E-state index is 0.126. The van der Waals surface area contributed by atoms with Crippen LogP contribution in [0.2, 0.25) is 0 Å². The van der Waals surface area contributed by atoms with E-state index in [1.165, 1.54) is 0 Å². The fourth-order valence-electron chi connectivity index (χ4n) is 2.00. The molecule has 1 fully saturated rings. The van der Waals surface area contributed by atoms with Crippen molar-refractivity contribution in [3.05, 3.63) is 35.0 Å². The van der Waals surface area contributed by atoms with Gasteiger partial charge in [0.25, 0.3) is 5.91 Å². The first-order valence-corrected chi connectivity index (χ1v) is 6.84. The molecule has 0 radical (unpaired) electrons. The Morgan fingerprint density at radius 1 is 1.61 bits per heavy atom. The highest BCUT2D eigenvalue weighted by Gasteiger charge is 2.25. The number of aromatic nitrogens is 2. The van der Waals surface area contributed by atoms with Gasteiger partial charge >= 0.3 is 0 Å². The highest BCUT2D eigenvalue weighted by molar-refractivity contribution is 8.04. The maximum absolute atomic E-state index is 12.0. The molecule has 0 atom stereocenters. The van der Waals surface area contributed by atoms with E-state index < -0.39 is 0 Å². The lowest BCUT2D eigenvalue weighted by Gasteiger charge is -2.09. The highest BCUT2D eigenvalue weighted by Crippen LogP contribution is 2.30. The van der Waals surface area contributed by atoms with E-state index in [0.29, 0.717) is 0 Å². The van der Waals surface area contributed by atoms with Crippen LogP contribution in [0, 0.1) is 0 Å². The largest absolute Gasteiger partial charge is 0.346 e. The van der Waals surface area contributed by atoms with E-state index in [9.17, 15) is 4.79 Å². The van der Waals surface area contributed by atoms with Crippen molar-refractivity contribution >= 4 is 34.8 Å². The number of likely N-dealkylation sites (N-methyl/N-ethyl adjacent to an activating group) is 1. The van der Waals surface area contributed by atoms with Gasteiger partial charge in [0.2, 0.25) is 0 Å². The Balaban J connectivity index is 1.99. The number of nitrogens with one attached hydrogen (secondary N) is 1. The number of hydrogen-bond donors (Lipinski definition) is 1. The van der Waals surface area contributed by atoms with E-state index in [0.717, 1.165) is 33.9 Å². The Labute approximate surface area is 109 Å². The Kier molecular flexibility index (Phi) is 2.83. The molecule has 0 unspecified atom stereocenters. The molecule has 3 heterocycles.